The molecule has 1 aromatic carbocycles. The first-order chi connectivity index (χ1) is 11.6. The van der Waals surface area contributed by atoms with Crippen LogP contribution >= 0.6 is 0 Å². The number of hydrogen-bond acceptors (Lipinski definition) is 3. The second-order valence-electron chi connectivity index (χ2n) is 6.12. The van der Waals surface area contributed by atoms with E-state index in [4.69, 9.17) is 0 Å². The van der Waals surface area contributed by atoms with E-state index in [-0.39, 0.29) is 6.04 Å². The Labute approximate surface area is 143 Å². The number of hydrogen-bond donors (Lipinski definition) is 1. The quantitative estimate of drug-likeness (QED) is 0.754. The van der Waals surface area contributed by atoms with Gasteiger partial charge in [0.25, 0.3) is 0 Å². The minimum Gasteiger partial charge on any atom is -0.306 e. The summed E-state index contributed by atoms with van der Waals surface area (Å²) in [5, 5.41) is 12.5. The van der Waals surface area contributed by atoms with E-state index >= 15 is 0 Å². The van der Waals surface area contributed by atoms with Gasteiger partial charge in [0.15, 0.2) is 0 Å². The van der Waals surface area contributed by atoms with E-state index in [1.54, 1.807) is 6.20 Å². The molecule has 24 heavy (non-hydrogen) atoms. The first-order valence-electron chi connectivity index (χ1n) is 8.46. The lowest BCUT2D eigenvalue weighted by molar-refractivity contribution is 0.566. The summed E-state index contributed by atoms with van der Waals surface area (Å²) in [4.78, 5) is 0. The maximum Gasteiger partial charge on any atom is 0.0645 e. The van der Waals surface area contributed by atoms with Crippen molar-refractivity contribution in [1.29, 1.82) is 0 Å². The molecule has 0 aliphatic carbocycles. The van der Waals surface area contributed by atoms with Crippen LogP contribution in [0.5, 0.6) is 0 Å². The van der Waals surface area contributed by atoms with Crippen molar-refractivity contribution in [2.75, 3.05) is 0 Å². The van der Waals surface area contributed by atoms with Crippen LogP contribution < -0.4 is 5.32 Å². The van der Waals surface area contributed by atoms with E-state index in [0.717, 1.165) is 24.5 Å². The van der Waals surface area contributed by atoms with Crippen molar-refractivity contribution in [3.63, 3.8) is 0 Å². The van der Waals surface area contributed by atoms with E-state index in [1.165, 1.54) is 16.8 Å². The molecule has 0 saturated carbocycles. The molecule has 3 rings (SSSR count). The third kappa shape index (κ3) is 3.26. The second-order valence-corrected chi connectivity index (χ2v) is 6.12. The molecule has 2 heterocycles. The summed E-state index contributed by atoms with van der Waals surface area (Å²) in [6, 6.07) is 10.7. The molecule has 0 radical (unpaired) electrons. The van der Waals surface area contributed by atoms with Crippen molar-refractivity contribution in [2.24, 2.45) is 0 Å². The van der Waals surface area contributed by atoms with Crippen LogP contribution in [0.3, 0.4) is 0 Å². The Morgan fingerprint density at radius 1 is 1.17 bits per heavy atom. The predicted octanol–water partition coefficient (Wildman–Crippen LogP) is 3.56. The van der Waals surface area contributed by atoms with Crippen LogP contribution in [0.2, 0.25) is 0 Å². The van der Waals surface area contributed by atoms with Gasteiger partial charge in [-0.25, -0.2) is 4.68 Å². The van der Waals surface area contributed by atoms with Gasteiger partial charge < -0.3 is 5.32 Å². The number of benzene rings is 1. The zero-order chi connectivity index (χ0) is 17.1. The molecule has 0 saturated heterocycles. The van der Waals surface area contributed by atoms with Gasteiger partial charge in [0, 0.05) is 42.8 Å². The number of nitrogens with zero attached hydrogens (tertiary/aromatic N) is 4. The van der Waals surface area contributed by atoms with E-state index in [0.29, 0.717) is 0 Å². The summed E-state index contributed by atoms with van der Waals surface area (Å²) in [6.07, 6.45) is 3.74. The summed E-state index contributed by atoms with van der Waals surface area (Å²) < 4.78 is 3.94. The molecule has 2 aromatic heterocycles. The van der Waals surface area contributed by atoms with Crippen LogP contribution in [0, 0.1) is 13.8 Å². The van der Waals surface area contributed by atoms with Crippen LogP contribution in [0.1, 0.15) is 42.4 Å². The van der Waals surface area contributed by atoms with Crippen molar-refractivity contribution < 1.29 is 0 Å². The Hall–Kier alpha value is -2.40. The Kier molecular flexibility index (Phi) is 4.81. The fourth-order valence-corrected chi connectivity index (χ4v) is 3.21. The molecule has 126 valence electrons. The predicted molar refractivity (Wildman–Crippen MR) is 96.2 cm³/mol. The van der Waals surface area contributed by atoms with Gasteiger partial charge in [-0.2, -0.15) is 10.2 Å². The highest BCUT2D eigenvalue weighted by Gasteiger charge is 2.16. The number of rotatable bonds is 6. The summed E-state index contributed by atoms with van der Waals surface area (Å²) in [5.41, 5.74) is 6.01. The molecule has 0 fully saturated rings. The van der Waals surface area contributed by atoms with E-state index in [2.05, 4.69) is 72.2 Å². The Morgan fingerprint density at radius 3 is 2.50 bits per heavy atom. The minimum absolute atomic E-state index is 0.274. The molecule has 5 nitrogen and oxygen atoms in total. The summed E-state index contributed by atoms with van der Waals surface area (Å²) >= 11 is 0. The van der Waals surface area contributed by atoms with Crippen molar-refractivity contribution >= 4 is 0 Å². The van der Waals surface area contributed by atoms with Gasteiger partial charge in [-0.1, -0.05) is 12.1 Å². The smallest absolute Gasteiger partial charge is 0.0645 e. The van der Waals surface area contributed by atoms with Gasteiger partial charge in [-0.15, -0.1) is 0 Å². The van der Waals surface area contributed by atoms with Crippen molar-refractivity contribution in [3.8, 4) is 5.69 Å². The third-order valence-electron chi connectivity index (χ3n) is 4.49. The lowest BCUT2D eigenvalue weighted by Crippen LogP contribution is -2.19. The second kappa shape index (κ2) is 7.01. The highest BCUT2D eigenvalue weighted by molar-refractivity contribution is 5.34. The van der Waals surface area contributed by atoms with Gasteiger partial charge in [-0.3, -0.25) is 4.68 Å². The molecule has 5 heteroatoms. The average molecular weight is 323 g/mol. The number of aryl methyl sites for hydroxylation is 2. The number of nitrogens with one attached hydrogen (secondary N) is 1. The van der Waals surface area contributed by atoms with Gasteiger partial charge in [-0.05, 0) is 51.5 Å². The van der Waals surface area contributed by atoms with Gasteiger partial charge in [0.1, 0.15) is 0 Å². The Morgan fingerprint density at radius 2 is 1.92 bits per heavy atom. The lowest BCUT2D eigenvalue weighted by atomic mass is 10.1. The maximum atomic E-state index is 4.61. The van der Waals surface area contributed by atoms with Crippen LogP contribution in [0.4, 0.5) is 0 Å². The minimum atomic E-state index is 0.274. The fraction of sp³-hybridized carbons (Fsp3) is 0.368. The van der Waals surface area contributed by atoms with Crippen LogP contribution in [-0.2, 0) is 13.1 Å². The van der Waals surface area contributed by atoms with Crippen LogP contribution in [-0.4, -0.2) is 19.6 Å². The number of aromatic nitrogens is 4. The van der Waals surface area contributed by atoms with Gasteiger partial charge in [0.05, 0.1) is 11.4 Å². The molecule has 0 amide bonds. The molecular formula is C19H25N5. The van der Waals surface area contributed by atoms with Crippen molar-refractivity contribution in [2.45, 2.75) is 46.8 Å². The topological polar surface area (TPSA) is 47.7 Å². The lowest BCUT2D eigenvalue weighted by Gasteiger charge is -2.15. The fourth-order valence-electron chi connectivity index (χ4n) is 3.21. The summed E-state index contributed by atoms with van der Waals surface area (Å²) in [5.74, 6) is 0. The summed E-state index contributed by atoms with van der Waals surface area (Å²) in [6.45, 7) is 10.3. The molecule has 0 aliphatic heterocycles. The third-order valence-corrected chi connectivity index (χ3v) is 4.49. The Balaban J connectivity index is 1.66. The largest absolute Gasteiger partial charge is 0.306 e. The van der Waals surface area contributed by atoms with Gasteiger partial charge >= 0.3 is 0 Å². The monoisotopic (exact) mass is 323 g/mol. The maximum absolute atomic E-state index is 4.61. The normalized spacial score (nSPS) is 12.5. The first kappa shape index (κ1) is 16.5. The van der Waals surface area contributed by atoms with Crippen LogP contribution in [0.25, 0.3) is 5.69 Å². The van der Waals surface area contributed by atoms with E-state index < -0.39 is 0 Å². The molecule has 0 unspecified atom stereocenters. The molecular weight excluding hydrogens is 298 g/mol. The molecule has 3 aromatic rings. The zero-order valence-electron chi connectivity index (χ0n) is 14.8. The zero-order valence-corrected chi connectivity index (χ0v) is 14.8. The van der Waals surface area contributed by atoms with Gasteiger partial charge in [0.2, 0.25) is 0 Å². The average Bonchev–Trinajstić information content (AvgIpc) is 3.21. The van der Waals surface area contributed by atoms with Crippen molar-refractivity contribution in [1.82, 2.24) is 24.9 Å². The highest BCUT2D eigenvalue weighted by atomic mass is 15.3. The molecule has 0 bridgehead atoms. The van der Waals surface area contributed by atoms with Crippen LogP contribution in [0.15, 0.2) is 42.7 Å². The van der Waals surface area contributed by atoms with E-state index in [1.807, 2.05) is 16.9 Å². The van der Waals surface area contributed by atoms with E-state index in [9.17, 15) is 0 Å². The Bertz CT molecular complexity index is 784. The molecule has 0 aliphatic rings. The molecule has 1 atom stereocenters. The summed E-state index contributed by atoms with van der Waals surface area (Å²) in [7, 11) is 0. The first-order valence-corrected chi connectivity index (χ1v) is 8.46. The SMILES string of the molecule is CCn1nc(C)c([C@@H](C)NCc2ccc(-n3cccn3)cc2)c1C. The standard InChI is InChI=1S/C19H25N5/c1-5-23-16(4)19(15(3)22-23)14(2)20-13-17-7-9-18(10-8-17)24-12-6-11-21-24/h6-12,14,20H,5,13H2,1-4H3/t14-/m1/s1. The van der Waals surface area contributed by atoms with Crippen molar-refractivity contribution in [3.05, 3.63) is 65.2 Å². The highest BCUT2D eigenvalue weighted by Crippen LogP contribution is 2.21. The molecule has 1 N–H and O–H groups in total. The molecule has 0 spiro atoms.